The molecule has 1 aliphatic heterocycles. The Labute approximate surface area is 106 Å². The summed E-state index contributed by atoms with van der Waals surface area (Å²) in [4.78, 5) is 12.3. The third kappa shape index (κ3) is 2.37. The summed E-state index contributed by atoms with van der Waals surface area (Å²) in [5, 5.41) is 0. The highest BCUT2D eigenvalue weighted by Gasteiger charge is 2.26. The van der Waals surface area contributed by atoms with Crippen LogP contribution in [0.25, 0.3) is 0 Å². The third-order valence-corrected chi connectivity index (χ3v) is 3.18. The van der Waals surface area contributed by atoms with E-state index in [2.05, 4.69) is 34.3 Å². The zero-order valence-electron chi connectivity index (χ0n) is 10.9. The summed E-state index contributed by atoms with van der Waals surface area (Å²) in [5.41, 5.74) is 2.28. The van der Waals surface area contributed by atoms with Gasteiger partial charge in [0.1, 0.15) is 5.82 Å². The lowest BCUT2D eigenvalue weighted by Gasteiger charge is -2.39. The van der Waals surface area contributed by atoms with Crippen molar-refractivity contribution < 1.29 is 4.39 Å². The predicted octanol–water partition coefficient (Wildman–Crippen LogP) is 0.350. The molecule has 1 aromatic rings. The quantitative estimate of drug-likeness (QED) is 0.586. The molecule has 2 rings (SSSR count). The van der Waals surface area contributed by atoms with E-state index in [1.54, 1.807) is 6.92 Å². The molecule has 0 spiro atoms. The van der Waals surface area contributed by atoms with Crippen LogP contribution in [0.3, 0.4) is 0 Å². The average Bonchev–Trinajstić information content (AvgIpc) is 2.32. The molecule has 0 radical (unpaired) electrons. The molecule has 100 valence electrons. The van der Waals surface area contributed by atoms with Gasteiger partial charge in [0.25, 0.3) is 0 Å². The zero-order chi connectivity index (χ0) is 13.3. The minimum absolute atomic E-state index is 0.0450. The van der Waals surface area contributed by atoms with E-state index in [0.717, 1.165) is 19.6 Å². The second-order valence-electron chi connectivity index (χ2n) is 4.71. The first kappa shape index (κ1) is 13.0. The topological polar surface area (TPSA) is 70.3 Å². The van der Waals surface area contributed by atoms with Gasteiger partial charge in [0.2, 0.25) is 5.82 Å². The van der Waals surface area contributed by atoms with Crippen molar-refractivity contribution in [3.05, 3.63) is 11.6 Å². The van der Waals surface area contributed by atoms with Crippen LogP contribution in [0.1, 0.15) is 12.7 Å². The van der Waals surface area contributed by atoms with E-state index >= 15 is 0 Å². The highest BCUT2D eigenvalue weighted by Crippen LogP contribution is 2.25. The summed E-state index contributed by atoms with van der Waals surface area (Å²) < 4.78 is 14.2. The Balaban J connectivity index is 2.35. The smallest absolute Gasteiger partial charge is 0.209 e. The molecule has 0 bridgehead atoms. The number of piperazine rings is 1. The monoisotopic (exact) mass is 254 g/mol. The summed E-state index contributed by atoms with van der Waals surface area (Å²) in [7, 11) is 2.06. The molecule has 0 aliphatic carbocycles. The molecule has 18 heavy (non-hydrogen) atoms. The molecule has 1 unspecified atom stereocenters. The maximum atomic E-state index is 14.2. The normalized spacial score (nSPS) is 21.2. The van der Waals surface area contributed by atoms with Crippen molar-refractivity contribution in [2.24, 2.45) is 5.84 Å². The van der Waals surface area contributed by atoms with Crippen LogP contribution in [0.15, 0.2) is 0 Å². The molecular weight excluding hydrogens is 235 g/mol. The van der Waals surface area contributed by atoms with E-state index in [4.69, 9.17) is 5.84 Å². The summed E-state index contributed by atoms with van der Waals surface area (Å²) in [5.74, 6) is 5.66. The van der Waals surface area contributed by atoms with Gasteiger partial charge in [-0.15, -0.1) is 0 Å². The fourth-order valence-corrected chi connectivity index (χ4v) is 2.28. The third-order valence-electron chi connectivity index (χ3n) is 3.18. The molecule has 1 atom stereocenters. The second-order valence-corrected chi connectivity index (χ2v) is 4.71. The van der Waals surface area contributed by atoms with Crippen molar-refractivity contribution >= 4 is 11.6 Å². The van der Waals surface area contributed by atoms with Crippen LogP contribution < -0.4 is 16.2 Å². The van der Waals surface area contributed by atoms with Crippen LogP contribution in [0.2, 0.25) is 0 Å². The Morgan fingerprint density at radius 1 is 1.39 bits per heavy atom. The van der Waals surface area contributed by atoms with Gasteiger partial charge in [-0.1, -0.05) is 0 Å². The first-order valence-electron chi connectivity index (χ1n) is 5.99. The van der Waals surface area contributed by atoms with Crippen molar-refractivity contribution in [3.8, 4) is 0 Å². The fraction of sp³-hybridized carbons (Fsp3) is 0.636. The highest BCUT2D eigenvalue weighted by molar-refractivity contribution is 5.52. The number of halogens is 1. The molecule has 2 heterocycles. The number of nitrogen functional groups attached to an aromatic ring is 1. The first-order valence-corrected chi connectivity index (χ1v) is 5.99. The van der Waals surface area contributed by atoms with E-state index in [1.165, 1.54) is 0 Å². The number of likely N-dealkylation sites (N-methyl/N-ethyl adjacent to an activating group) is 1. The van der Waals surface area contributed by atoms with Crippen molar-refractivity contribution in [2.75, 3.05) is 37.0 Å². The molecule has 7 heteroatoms. The number of aromatic nitrogens is 2. The predicted molar refractivity (Wildman–Crippen MR) is 68.8 cm³/mol. The van der Waals surface area contributed by atoms with Crippen molar-refractivity contribution in [1.82, 2.24) is 14.9 Å². The van der Waals surface area contributed by atoms with E-state index in [0.29, 0.717) is 11.6 Å². The lowest BCUT2D eigenvalue weighted by molar-refractivity contribution is 0.273. The van der Waals surface area contributed by atoms with E-state index in [9.17, 15) is 4.39 Å². The van der Waals surface area contributed by atoms with Crippen LogP contribution >= 0.6 is 0 Å². The molecular formula is C11H19FN6. The summed E-state index contributed by atoms with van der Waals surface area (Å²) >= 11 is 0. The molecule has 3 N–H and O–H groups in total. The van der Waals surface area contributed by atoms with Crippen LogP contribution in [0.5, 0.6) is 0 Å². The Morgan fingerprint density at radius 2 is 2.11 bits per heavy atom. The van der Waals surface area contributed by atoms with Gasteiger partial charge in [0.05, 0.1) is 0 Å². The Kier molecular flexibility index (Phi) is 3.63. The van der Waals surface area contributed by atoms with Crippen molar-refractivity contribution in [3.63, 3.8) is 0 Å². The number of nitrogens with two attached hydrogens (primary N) is 1. The molecule has 1 saturated heterocycles. The number of hydrogen-bond donors (Lipinski definition) is 2. The molecule has 1 aromatic heterocycles. The minimum atomic E-state index is -0.487. The van der Waals surface area contributed by atoms with Crippen molar-refractivity contribution in [1.29, 1.82) is 0 Å². The van der Waals surface area contributed by atoms with Gasteiger partial charge >= 0.3 is 0 Å². The number of anilines is 2. The van der Waals surface area contributed by atoms with Crippen LogP contribution in [0, 0.1) is 12.7 Å². The molecule has 1 fully saturated rings. The van der Waals surface area contributed by atoms with E-state index < -0.39 is 5.82 Å². The molecule has 1 aliphatic rings. The highest BCUT2D eigenvalue weighted by atomic mass is 19.1. The minimum Gasteiger partial charge on any atom is -0.349 e. The van der Waals surface area contributed by atoms with Gasteiger partial charge < -0.3 is 15.2 Å². The second kappa shape index (κ2) is 5.03. The number of nitrogens with zero attached hydrogens (tertiary/aromatic N) is 4. The summed E-state index contributed by atoms with van der Waals surface area (Å²) in [6, 6.07) is 0.207. The van der Waals surface area contributed by atoms with E-state index in [1.807, 2.05) is 4.90 Å². The van der Waals surface area contributed by atoms with Crippen LogP contribution in [0.4, 0.5) is 16.0 Å². The standard InChI is InChI=1S/C11H19FN6/c1-7-6-17(3)4-5-18(7)11-9(12)10(16-13)14-8(2)15-11/h7H,4-6,13H2,1-3H3,(H,14,15,16). The van der Waals surface area contributed by atoms with Crippen LogP contribution in [-0.4, -0.2) is 47.6 Å². The Hall–Kier alpha value is -1.47. The number of nitrogens with one attached hydrogen (secondary N) is 1. The lowest BCUT2D eigenvalue weighted by atomic mass is 10.2. The zero-order valence-corrected chi connectivity index (χ0v) is 10.9. The molecule has 0 saturated carbocycles. The van der Waals surface area contributed by atoms with Gasteiger partial charge in [0.15, 0.2) is 11.6 Å². The summed E-state index contributed by atoms with van der Waals surface area (Å²) in [6.07, 6.45) is 0. The maximum absolute atomic E-state index is 14.2. The van der Waals surface area contributed by atoms with Crippen LogP contribution in [-0.2, 0) is 0 Å². The Morgan fingerprint density at radius 3 is 2.72 bits per heavy atom. The van der Waals surface area contributed by atoms with Gasteiger partial charge in [-0.25, -0.2) is 15.8 Å². The van der Waals surface area contributed by atoms with Gasteiger partial charge in [-0.05, 0) is 20.9 Å². The summed E-state index contributed by atoms with van der Waals surface area (Å²) in [6.45, 7) is 6.30. The molecule has 0 aromatic carbocycles. The SMILES string of the molecule is Cc1nc(NN)c(F)c(N2CCN(C)CC2C)n1. The first-order chi connectivity index (χ1) is 8.52. The lowest BCUT2D eigenvalue weighted by Crippen LogP contribution is -2.51. The fourth-order valence-electron chi connectivity index (χ4n) is 2.28. The molecule has 0 amide bonds. The van der Waals surface area contributed by atoms with Gasteiger partial charge in [-0.3, -0.25) is 0 Å². The number of hydrazine groups is 1. The van der Waals surface area contributed by atoms with E-state index in [-0.39, 0.29) is 11.9 Å². The largest absolute Gasteiger partial charge is 0.349 e. The number of rotatable bonds is 2. The average molecular weight is 254 g/mol. The van der Waals surface area contributed by atoms with Gasteiger partial charge in [-0.2, -0.15) is 4.39 Å². The number of aryl methyl sites for hydroxylation is 1. The Bertz CT molecular complexity index is 438. The number of hydrogen-bond acceptors (Lipinski definition) is 6. The maximum Gasteiger partial charge on any atom is 0.209 e. The van der Waals surface area contributed by atoms with Crippen molar-refractivity contribution in [2.45, 2.75) is 19.9 Å². The van der Waals surface area contributed by atoms with Gasteiger partial charge in [0, 0.05) is 25.7 Å². The molecule has 6 nitrogen and oxygen atoms in total.